The summed E-state index contributed by atoms with van der Waals surface area (Å²) in [5, 5.41) is 0. The first-order chi connectivity index (χ1) is 9.17. The molecule has 128 valence electrons. The lowest BCUT2D eigenvalue weighted by Gasteiger charge is -2.27. The highest BCUT2D eigenvalue weighted by Gasteiger charge is 2.45. The topological polar surface area (TPSA) is 44.8 Å². The van der Waals surface area contributed by atoms with Crippen LogP contribution in [0.1, 0.15) is 13.8 Å². The van der Waals surface area contributed by atoms with Gasteiger partial charge in [0.2, 0.25) is 7.59 Å². The van der Waals surface area contributed by atoms with Crippen molar-refractivity contribution in [1.82, 2.24) is 0 Å². The first-order valence-corrected chi connectivity index (χ1v) is 9.80. The molecule has 21 heavy (non-hydrogen) atoms. The summed E-state index contributed by atoms with van der Waals surface area (Å²) >= 11 is 44.4. The molecule has 0 aromatic rings. The third-order valence-corrected chi connectivity index (χ3v) is 5.87. The van der Waals surface area contributed by atoms with Crippen molar-refractivity contribution in [2.24, 2.45) is 5.92 Å². The summed E-state index contributed by atoms with van der Waals surface area (Å²) in [6.07, 6.45) is 0. The van der Waals surface area contributed by atoms with Gasteiger partial charge in [0.1, 0.15) is 0 Å². The van der Waals surface area contributed by atoms with Crippen LogP contribution >= 0.6 is 101 Å². The van der Waals surface area contributed by atoms with E-state index in [4.69, 9.17) is 106 Å². The maximum atomic E-state index is 12.4. The summed E-state index contributed by atoms with van der Waals surface area (Å²) in [6, 6.07) is 0. The molecule has 13 heteroatoms. The lowest BCUT2D eigenvalue weighted by atomic mass is 10.2. The Morgan fingerprint density at radius 2 is 1.24 bits per heavy atom. The molecule has 0 aliphatic rings. The summed E-state index contributed by atoms with van der Waals surface area (Å²) in [5.74, 6) is -0.0198. The SMILES string of the molecule is CC(C)COP(=O)(OC(Cl)C(Cl)(Cl)Cl)OC(Cl)C(Cl)(Cl)Cl. The number of rotatable bonds is 7. The number of phosphoric acid groups is 1. The Labute approximate surface area is 163 Å². The second-order valence-corrected chi connectivity index (χ2v) is 11.2. The van der Waals surface area contributed by atoms with Crippen LogP contribution in [0.15, 0.2) is 0 Å². The van der Waals surface area contributed by atoms with Crippen LogP contribution in [0.25, 0.3) is 0 Å². The molecular weight excluding hydrogens is 475 g/mol. The van der Waals surface area contributed by atoms with Crippen LogP contribution in [0.2, 0.25) is 0 Å². The second-order valence-electron chi connectivity index (χ2n) is 4.06. The first kappa shape index (κ1) is 23.4. The Kier molecular flexibility index (Phi) is 10.3. The average Bonchev–Trinajstić information content (AvgIpc) is 2.23. The molecule has 0 spiro atoms. The van der Waals surface area contributed by atoms with Gasteiger partial charge in [0.25, 0.3) is 0 Å². The molecule has 0 aliphatic heterocycles. The Hall–Kier alpha value is 2.43. The molecule has 0 heterocycles. The van der Waals surface area contributed by atoms with Gasteiger partial charge in [-0.2, -0.15) is 0 Å². The Morgan fingerprint density at radius 1 is 0.905 bits per heavy atom. The molecule has 0 rings (SSSR count). The summed E-state index contributed by atoms with van der Waals surface area (Å²) in [7, 11) is -4.35. The van der Waals surface area contributed by atoms with Gasteiger partial charge in [-0.3, -0.25) is 13.6 Å². The van der Waals surface area contributed by atoms with Crippen molar-refractivity contribution in [3.63, 3.8) is 0 Å². The number of alkyl halides is 8. The number of halogens is 8. The van der Waals surface area contributed by atoms with Crippen molar-refractivity contribution in [2.45, 2.75) is 32.6 Å². The van der Waals surface area contributed by atoms with Crippen molar-refractivity contribution in [1.29, 1.82) is 0 Å². The number of phosphoric ester groups is 1. The summed E-state index contributed by atoms with van der Waals surface area (Å²) in [6.45, 7) is 3.54. The minimum Gasteiger partial charge on any atom is -0.287 e. The normalized spacial score (nSPS) is 19.4. The molecule has 0 aromatic carbocycles. The van der Waals surface area contributed by atoms with Gasteiger partial charge in [0.15, 0.2) is 11.1 Å². The minimum absolute atomic E-state index is 0.0198. The van der Waals surface area contributed by atoms with E-state index in [2.05, 4.69) is 0 Å². The Balaban J connectivity index is 5.06. The van der Waals surface area contributed by atoms with Crippen molar-refractivity contribution in [3.05, 3.63) is 0 Å². The van der Waals surface area contributed by atoms with E-state index in [0.717, 1.165) is 0 Å². The van der Waals surface area contributed by atoms with E-state index in [9.17, 15) is 4.57 Å². The van der Waals surface area contributed by atoms with Gasteiger partial charge in [-0.15, -0.1) is 0 Å². The van der Waals surface area contributed by atoms with E-state index in [0.29, 0.717) is 0 Å². The van der Waals surface area contributed by atoms with Crippen molar-refractivity contribution in [2.75, 3.05) is 6.61 Å². The lowest BCUT2D eigenvalue weighted by Crippen LogP contribution is -2.27. The largest absolute Gasteiger partial charge is 0.477 e. The van der Waals surface area contributed by atoms with Crippen LogP contribution in [0, 0.1) is 5.92 Å². The van der Waals surface area contributed by atoms with E-state index in [1.165, 1.54) is 0 Å². The van der Waals surface area contributed by atoms with E-state index in [-0.39, 0.29) is 12.5 Å². The smallest absolute Gasteiger partial charge is 0.287 e. The van der Waals surface area contributed by atoms with Crippen LogP contribution in [-0.2, 0) is 18.1 Å². The van der Waals surface area contributed by atoms with Crippen LogP contribution in [-0.4, -0.2) is 25.3 Å². The zero-order valence-corrected chi connectivity index (χ0v) is 17.5. The molecule has 4 nitrogen and oxygen atoms in total. The zero-order valence-electron chi connectivity index (χ0n) is 10.5. The zero-order chi connectivity index (χ0) is 17.1. The third-order valence-electron chi connectivity index (χ3n) is 1.52. The predicted molar refractivity (Wildman–Crippen MR) is 90.4 cm³/mol. The second kappa shape index (κ2) is 9.22. The molecule has 0 bridgehead atoms. The van der Waals surface area contributed by atoms with Gasteiger partial charge in [-0.05, 0) is 5.92 Å². The summed E-state index contributed by atoms with van der Waals surface area (Å²) in [4.78, 5) is 0. The quantitative estimate of drug-likeness (QED) is 0.298. The molecule has 0 fully saturated rings. The summed E-state index contributed by atoms with van der Waals surface area (Å²) in [5.41, 5.74) is -3.31. The van der Waals surface area contributed by atoms with Crippen molar-refractivity contribution < 1.29 is 18.1 Å². The van der Waals surface area contributed by atoms with Crippen LogP contribution < -0.4 is 0 Å². The van der Waals surface area contributed by atoms with Gasteiger partial charge in [0, 0.05) is 0 Å². The molecule has 0 saturated heterocycles. The fraction of sp³-hybridized carbons (Fsp3) is 1.00. The fourth-order valence-corrected chi connectivity index (χ4v) is 3.32. The van der Waals surface area contributed by atoms with Gasteiger partial charge in [-0.25, -0.2) is 4.57 Å². The third kappa shape index (κ3) is 10.1. The first-order valence-electron chi connectivity index (χ1n) is 5.20. The Morgan fingerprint density at radius 3 is 1.48 bits per heavy atom. The van der Waals surface area contributed by atoms with Gasteiger partial charge < -0.3 is 0 Å². The molecular formula is C8H11Cl8O4P. The van der Waals surface area contributed by atoms with Gasteiger partial charge in [-0.1, -0.05) is 107 Å². The highest BCUT2D eigenvalue weighted by Crippen LogP contribution is 2.57. The van der Waals surface area contributed by atoms with E-state index in [1.807, 2.05) is 0 Å². The number of hydrogen-bond acceptors (Lipinski definition) is 4. The summed E-state index contributed by atoms with van der Waals surface area (Å²) < 4.78 is 22.9. The predicted octanol–water partition coefficient (Wildman–Crippen LogP) is 6.67. The maximum Gasteiger partial charge on any atom is 0.477 e. The molecule has 0 saturated carbocycles. The Bertz CT molecular complexity index is 342. The molecule has 0 amide bonds. The molecule has 0 radical (unpaired) electrons. The highest BCUT2D eigenvalue weighted by atomic mass is 35.6. The van der Waals surface area contributed by atoms with Crippen LogP contribution in [0.4, 0.5) is 0 Å². The van der Waals surface area contributed by atoms with Gasteiger partial charge in [0.05, 0.1) is 6.61 Å². The number of hydrogen-bond donors (Lipinski definition) is 0. The van der Waals surface area contributed by atoms with E-state index < -0.39 is 26.5 Å². The monoisotopic (exact) mass is 482 g/mol. The minimum atomic E-state index is -4.35. The fourth-order valence-electron chi connectivity index (χ4n) is 0.672. The lowest BCUT2D eigenvalue weighted by molar-refractivity contribution is 0.0876. The van der Waals surface area contributed by atoms with Crippen molar-refractivity contribution >= 4 is 101 Å². The molecule has 0 N–H and O–H groups in total. The molecule has 0 aliphatic carbocycles. The molecule has 0 aromatic heterocycles. The van der Waals surface area contributed by atoms with Crippen molar-refractivity contribution in [3.8, 4) is 0 Å². The van der Waals surface area contributed by atoms with Crippen LogP contribution in [0.5, 0.6) is 0 Å². The maximum absolute atomic E-state index is 12.4. The highest BCUT2D eigenvalue weighted by molar-refractivity contribution is 7.48. The molecule has 2 unspecified atom stereocenters. The standard InChI is InChI=1S/C8H11Cl8O4P/c1-4(2)3-18-21(17,19-5(9)7(11,12)13)20-6(10)8(14,15)16/h4-6H,3H2,1-2H3. The average molecular weight is 486 g/mol. The van der Waals surface area contributed by atoms with Crippen LogP contribution in [0.3, 0.4) is 0 Å². The van der Waals surface area contributed by atoms with E-state index in [1.54, 1.807) is 13.8 Å². The van der Waals surface area contributed by atoms with E-state index >= 15 is 0 Å². The molecule has 2 atom stereocenters. The van der Waals surface area contributed by atoms with Gasteiger partial charge >= 0.3 is 7.82 Å².